The van der Waals surface area contributed by atoms with Crippen LogP contribution < -0.4 is 5.56 Å². The molecule has 1 saturated carbocycles. The van der Waals surface area contributed by atoms with Crippen LogP contribution in [0.1, 0.15) is 30.5 Å². The minimum atomic E-state index is -0.688. The van der Waals surface area contributed by atoms with Crippen molar-refractivity contribution >= 4 is 40.0 Å². The number of para-hydroxylation sites is 1. The largest absolute Gasteiger partial charge is 0.505 e. The number of aryl methyl sites for hydroxylation is 1. The third-order valence-electron chi connectivity index (χ3n) is 4.95. The van der Waals surface area contributed by atoms with Gasteiger partial charge in [0.15, 0.2) is 23.0 Å². The quantitative estimate of drug-likeness (QED) is 0.394. The van der Waals surface area contributed by atoms with Crippen LogP contribution in [0.4, 0.5) is 0 Å². The number of rotatable bonds is 2. The molecule has 1 fully saturated rings. The van der Waals surface area contributed by atoms with Crippen LogP contribution in [0.5, 0.6) is 0 Å². The Morgan fingerprint density at radius 2 is 1.69 bits per heavy atom. The van der Waals surface area contributed by atoms with E-state index in [0.29, 0.717) is 17.6 Å². The number of halogens is 1. The van der Waals surface area contributed by atoms with E-state index < -0.39 is 22.9 Å². The second-order valence-electron chi connectivity index (χ2n) is 6.97. The molecule has 1 heterocycles. The molecule has 146 valence electrons. The molecule has 0 spiro atoms. The zero-order valence-corrected chi connectivity index (χ0v) is 16.4. The molecule has 6 nitrogen and oxygen atoms in total. The normalized spacial score (nSPS) is 14.5. The first-order chi connectivity index (χ1) is 13.9. The fraction of sp³-hybridized carbons (Fsp3) is 0.182. The van der Waals surface area contributed by atoms with Crippen LogP contribution >= 0.6 is 11.6 Å². The van der Waals surface area contributed by atoms with Gasteiger partial charge < -0.3 is 5.11 Å². The van der Waals surface area contributed by atoms with Crippen LogP contribution in [-0.4, -0.2) is 26.2 Å². The molecule has 1 aliphatic rings. The third-order valence-corrected chi connectivity index (χ3v) is 5.26. The van der Waals surface area contributed by atoms with E-state index in [4.69, 9.17) is 11.6 Å². The highest BCUT2D eigenvalue weighted by atomic mass is 35.5. The molecule has 1 aliphatic carbocycles. The summed E-state index contributed by atoms with van der Waals surface area (Å²) in [6.45, 7) is 1.93. The Morgan fingerprint density at radius 1 is 1.03 bits per heavy atom. The van der Waals surface area contributed by atoms with Gasteiger partial charge in [-0.25, -0.2) is 4.98 Å². The van der Waals surface area contributed by atoms with Gasteiger partial charge >= 0.3 is 0 Å². The second-order valence-corrected chi connectivity index (χ2v) is 7.37. The monoisotopic (exact) mass is 408 g/mol. The number of nitrogens with zero attached hydrogens (tertiary/aromatic N) is 2. The van der Waals surface area contributed by atoms with Gasteiger partial charge in [0.25, 0.3) is 5.56 Å². The lowest BCUT2D eigenvalue weighted by Gasteiger charge is -2.16. The van der Waals surface area contributed by atoms with Crippen molar-refractivity contribution in [2.45, 2.75) is 26.2 Å². The lowest BCUT2D eigenvalue weighted by atomic mass is 9.90. The summed E-state index contributed by atoms with van der Waals surface area (Å²) < 4.78 is 1.37. The van der Waals surface area contributed by atoms with Crippen molar-refractivity contribution in [1.29, 1.82) is 0 Å². The summed E-state index contributed by atoms with van der Waals surface area (Å²) in [5.74, 6) is -1.66. The molecular weight excluding hydrogens is 392 g/mol. The van der Waals surface area contributed by atoms with Crippen molar-refractivity contribution < 1.29 is 14.7 Å². The van der Waals surface area contributed by atoms with Gasteiger partial charge in [0.05, 0.1) is 10.5 Å². The molecule has 4 rings (SSSR count). The lowest BCUT2D eigenvalue weighted by Crippen LogP contribution is -2.27. The van der Waals surface area contributed by atoms with Crippen molar-refractivity contribution in [3.63, 3.8) is 0 Å². The van der Waals surface area contributed by atoms with Gasteiger partial charge in [0.2, 0.25) is 0 Å². The second kappa shape index (κ2) is 7.29. The van der Waals surface area contributed by atoms with Crippen LogP contribution in [-0.2, 0) is 9.59 Å². The molecule has 0 saturated heterocycles. The molecule has 0 radical (unpaired) electrons. The summed E-state index contributed by atoms with van der Waals surface area (Å²) in [5, 5.41) is 11.0. The van der Waals surface area contributed by atoms with Crippen molar-refractivity contribution in [2.24, 2.45) is 0 Å². The zero-order valence-electron chi connectivity index (χ0n) is 15.6. The highest BCUT2D eigenvalue weighted by Gasteiger charge is 2.30. The average Bonchev–Trinajstić information content (AvgIpc) is 2.68. The number of ketones is 2. The maximum absolute atomic E-state index is 13.3. The van der Waals surface area contributed by atoms with E-state index >= 15 is 0 Å². The molecule has 1 N–H and O–H groups in total. The number of Topliss-reactive ketones (excluding diaryl/α,β-unsaturated/α-hetero) is 2. The van der Waals surface area contributed by atoms with Gasteiger partial charge in [-0.15, -0.1) is 0 Å². The first kappa shape index (κ1) is 19.1. The van der Waals surface area contributed by atoms with E-state index in [0.717, 1.165) is 5.56 Å². The number of aromatic nitrogens is 2. The Bertz CT molecular complexity index is 1240. The van der Waals surface area contributed by atoms with E-state index in [1.807, 2.05) is 19.1 Å². The number of aliphatic hydroxyl groups excluding tert-OH is 1. The smallest absolute Gasteiger partial charge is 0.285 e. The highest BCUT2D eigenvalue weighted by Crippen LogP contribution is 2.27. The maximum atomic E-state index is 13.3. The van der Waals surface area contributed by atoms with E-state index in [1.165, 1.54) is 4.57 Å². The standard InChI is InChI=1S/C22H17ClN2O4/c1-12-8-10-13(11-9-12)25-15-5-2-4-14(23)19(15)24-20(22(25)29)21(28)18-16(26)6-3-7-17(18)27/h2,4-5,8-11,28H,3,6-7H2,1H3. The minimum Gasteiger partial charge on any atom is -0.505 e. The first-order valence-corrected chi connectivity index (χ1v) is 9.54. The fourth-order valence-electron chi connectivity index (χ4n) is 3.47. The molecule has 0 bridgehead atoms. The van der Waals surface area contributed by atoms with Crippen molar-refractivity contribution in [3.05, 3.63) is 74.7 Å². The van der Waals surface area contributed by atoms with Gasteiger partial charge in [0.1, 0.15) is 11.1 Å². The molecule has 0 amide bonds. The number of benzene rings is 2. The van der Waals surface area contributed by atoms with Crippen LogP contribution in [0.25, 0.3) is 22.5 Å². The van der Waals surface area contributed by atoms with Crippen LogP contribution in [0.2, 0.25) is 5.02 Å². The van der Waals surface area contributed by atoms with E-state index in [1.54, 1.807) is 30.3 Å². The number of hydrogen-bond donors (Lipinski definition) is 1. The number of fused-ring (bicyclic) bond motifs is 1. The number of carbonyl (C=O) groups is 2. The van der Waals surface area contributed by atoms with Crippen LogP contribution in [0.3, 0.4) is 0 Å². The molecule has 2 aromatic carbocycles. The summed E-state index contributed by atoms with van der Waals surface area (Å²) >= 11 is 6.30. The Morgan fingerprint density at radius 3 is 2.34 bits per heavy atom. The lowest BCUT2D eigenvalue weighted by molar-refractivity contribution is -0.123. The SMILES string of the molecule is Cc1ccc(-n2c(=O)c(C(O)=C3C(=O)CCCC3=O)nc3c(Cl)cccc32)cc1. The molecule has 0 aliphatic heterocycles. The van der Waals surface area contributed by atoms with E-state index in [-0.39, 0.29) is 34.6 Å². The molecule has 3 aromatic rings. The van der Waals surface area contributed by atoms with Gasteiger partial charge in [-0.05, 0) is 37.6 Å². The molecule has 0 unspecified atom stereocenters. The predicted octanol–water partition coefficient (Wildman–Crippen LogP) is 3.94. The Labute approximate surface area is 171 Å². The van der Waals surface area contributed by atoms with Crippen LogP contribution in [0.15, 0.2) is 52.8 Å². The van der Waals surface area contributed by atoms with E-state index in [9.17, 15) is 19.5 Å². The van der Waals surface area contributed by atoms with E-state index in [2.05, 4.69) is 4.98 Å². The van der Waals surface area contributed by atoms with Crippen molar-refractivity contribution in [1.82, 2.24) is 9.55 Å². The molecule has 1 aromatic heterocycles. The van der Waals surface area contributed by atoms with Crippen LogP contribution in [0, 0.1) is 6.92 Å². The van der Waals surface area contributed by atoms with Gasteiger partial charge in [-0.3, -0.25) is 19.0 Å². The number of hydrogen-bond acceptors (Lipinski definition) is 5. The molecule has 29 heavy (non-hydrogen) atoms. The highest BCUT2D eigenvalue weighted by molar-refractivity contribution is 6.35. The predicted molar refractivity (Wildman–Crippen MR) is 111 cm³/mol. The summed E-state index contributed by atoms with van der Waals surface area (Å²) in [5.41, 5.74) is 0.936. The van der Waals surface area contributed by atoms with Crippen molar-refractivity contribution in [2.75, 3.05) is 0 Å². The number of allylic oxidation sites excluding steroid dienone is 1. The zero-order chi connectivity index (χ0) is 20.7. The van der Waals surface area contributed by atoms with Gasteiger partial charge in [-0.2, -0.15) is 0 Å². The molecular formula is C22H17ClN2O4. The van der Waals surface area contributed by atoms with Gasteiger partial charge in [-0.1, -0.05) is 35.4 Å². The molecule has 0 atom stereocenters. The summed E-state index contributed by atoms with van der Waals surface area (Å²) in [6, 6.07) is 12.2. The molecule has 7 heteroatoms. The average molecular weight is 409 g/mol. The maximum Gasteiger partial charge on any atom is 0.285 e. The summed E-state index contributed by atoms with van der Waals surface area (Å²) in [7, 11) is 0. The Kier molecular flexibility index (Phi) is 4.80. The van der Waals surface area contributed by atoms with Gasteiger partial charge in [0, 0.05) is 18.5 Å². The number of aliphatic hydroxyl groups is 1. The summed E-state index contributed by atoms with van der Waals surface area (Å²) in [6.07, 6.45) is 0.719. The van der Waals surface area contributed by atoms with Crippen molar-refractivity contribution in [3.8, 4) is 5.69 Å². The number of carbonyl (C=O) groups excluding carboxylic acids is 2. The topological polar surface area (TPSA) is 89.3 Å². The Hall–Kier alpha value is -3.25. The summed E-state index contributed by atoms with van der Waals surface area (Å²) in [4.78, 5) is 42.1. The Balaban J connectivity index is 2.09. The third kappa shape index (κ3) is 3.25. The fourth-order valence-corrected chi connectivity index (χ4v) is 3.68. The first-order valence-electron chi connectivity index (χ1n) is 9.17. The minimum absolute atomic E-state index is 0.144.